The number of nitrogens with zero attached hydrogens (tertiary/aromatic N) is 3. The Kier molecular flexibility index (Phi) is 4.20. The van der Waals surface area contributed by atoms with E-state index in [0.29, 0.717) is 29.6 Å². The van der Waals surface area contributed by atoms with Gasteiger partial charge in [-0.05, 0) is 43.3 Å². The number of hydrogen-bond acceptors (Lipinski definition) is 6. The van der Waals surface area contributed by atoms with Gasteiger partial charge in [-0.2, -0.15) is 5.26 Å². The summed E-state index contributed by atoms with van der Waals surface area (Å²) in [6.07, 6.45) is 1.64. The molecule has 0 radical (unpaired) electrons. The monoisotopic (exact) mass is 305 g/mol. The SMILES string of the molecule is Cc1nc(NCc2ccco2)cc(Nc2ccc(C#N)cc2)n1. The van der Waals surface area contributed by atoms with Crippen LogP contribution in [0.5, 0.6) is 0 Å². The molecule has 1 aromatic carbocycles. The summed E-state index contributed by atoms with van der Waals surface area (Å²) in [6.45, 7) is 2.39. The van der Waals surface area contributed by atoms with Crippen molar-refractivity contribution in [1.82, 2.24) is 9.97 Å². The second kappa shape index (κ2) is 6.62. The van der Waals surface area contributed by atoms with Gasteiger partial charge in [-0.15, -0.1) is 0 Å². The number of nitrogens with one attached hydrogen (secondary N) is 2. The predicted octanol–water partition coefficient (Wildman–Crippen LogP) is 3.61. The molecule has 114 valence electrons. The predicted molar refractivity (Wildman–Crippen MR) is 87.2 cm³/mol. The van der Waals surface area contributed by atoms with Crippen LogP contribution in [0.25, 0.3) is 0 Å². The third-order valence-electron chi connectivity index (χ3n) is 3.15. The molecule has 3 rings (SSSR count). The lowest BCUT2D eigenvalue weighted by Gasteiger charge is -2.09. The highest BCUT2D eigenvalue weighted by atomic mass is 16.3. The van der Waals surface area contributed by atoms with Gasteiger partial charge in [0.1, 0.15) is 23.2 Å². The van der Waals surface area contributed by atoms with Crippen LogP contribution in [-0.4, -0.2) is 9.97 Å². The molecule has 0 saturated carbocycles. The van der Waals surface area contributed by atoms with Crippen molar-refractivity contribution < 1.29 is 4.42 Å². The highest BCUT2D eigenvalue weighted by Crippen LogP contribution is 2.18. The van der Waals surface area contributed by atoms with Gasteiger partial charge in [-0.3, -0.25) is 0 Å². The first-order valence-corrected chi connectivity index (χ1v) is 7.12. The summed E-state index contributed by atoms with van der Waals surface area (Å²) in [6, 6.07) is 14.9. The first-order chi connectivity index (χ1) is 11.2. The second-order valence-electron chi connectivity index (χ2n) is 4.93. The molecular formula is C17H15N5O. The summed E-state index contributed by atoms with van der Waals surface area (Å²) < 4.78 is 5.29. The van der Waals surface area contributed by atoms with Gasteiger partial charge in [0.25, 0.3) is 0 Å². The highest BCUT2D eigenvalue weighted by Gasteiger charge is 2.04. The number of hydrogen-bond donors (Lipinski definition) is 2. The van der Waals surface area contributed by atoms with Gasteiger partial charge in [-0.25, -0.2) is 9.97 Å². The zero-order chi connectivity index (χ0) is 16.1. The summed E-state index contributed by atoms with van der Waals surface area (Å²) in [5.41, 5.74) is 1.48. The Hall–Kier alpha value is -3.33. The number of rotatable bonds is 5. The van der Waals surface area contributed by atoms with Crippen molar-refractivity contribution in [3.63, 3.8) is 0 Å². The van der Waals surface area contributed by atoms with E-state index in [1.165, 1.54) is 0 Å². The van der Waals surface area contributed by atoms with Crippen molar-refractivity contribution in [3.8, 4) is 6.07 Å². The van der Waals surface area contributed by atoms with Crippen molar-refractivity contribution in [1.29, 1.82) is 5.26 Å². The van der Waals surface area contributed by atoms with E-state index in [0.717, 1.165) is 11.4 Å². The lowest BCUT2D eigenvalue weighted by molar-refractivity contribution is 0.518. The minimum absolute atomic E-state index is 0.555. The number of furan rings is 1. The van der Waals surface area contributed by atoms with Crippen LogP contribution in [0.1, 0.15) is 17.1 Å². The fourth-order valence-corrected chi connectivity index (χ4v) is 2.09. The van der Waals surface area contributed by atoms with Crippen LogP contribution in [0.4, 0.5) is 17.3 Å². The van der Waals surface area contributed by atoms with Crippen molar-refractivity contribution in [3.05, 3.63) is 65.9 Å². The van der Waals surface area contributed by atoms with Crippen LogP contribution in [0.15, 0.2) is 53.1 Å². The Morgan fingerprint density at radius 1 is 1.13 bits per heavy atom. The van der Waals surface area contributed by atoms with Gasteiger partial charge in [0, 0.05) is 11.8 Å². The minimum atomic E-state index is 0.555. The van der Waals surface area contributed by atoms with Crippen LogP contribution < -0.4 is 10.6 Å². The van der Waals surface area contributed by atoms with E-state index in [-0.39, 0.29) is 0 Å². The molecule has 0 bridgehead atoms. The van der Waals surface area contributed by atoms with Crippen molar-refractivity contribution in [2.24, 2.45) is 0 Å². The molecule has 6 nitrogen and oxygen atoms in total. The quantitative estimate of drug-likeness (QED) is 0.749. The molecule has 2 aromatic heterocycles. The Bertz CT molecular complexity index is 819. The standard InChI is InChI=1S/C17H15N5O/c1-12-20-16(19-11-15-3-2-8-23-15)9-17(21-12)22-14-6-4-13(10-18)5-7-14/h2-9H,11H2,1H3,(H2,19,20,21,22). The van der Waals surface area contributed by atoms with Crippen molar-refractivity contribution >= 4 is 17.3 Å². The molecule has 6 heteroatoms. The summed E-state index contributed by atoms with van der Waals surface area (Å²) in [7, 11) is 0. The maximum atomic E-state index is 8.82. The molecular weight excluding hydrogens is 290 g/mol. The van der Waals surface area contributed by atoms with E-state index in [1.807, 2.05) is 37.3 Å². The van der Waals surface area contributed by atoms with E-state index < -0.39 is 0 Å². The average molecular weight is 305 g/mol. The normalized spacial score (nSPS) is 10.1. The molecule has 0 fully saturated rings. The Balaban J connectivity index is 1.72. The number of aromatic nitrogens is 2. The van der Waals surface area contributed by atoms with Crippen LogP contribution in [0.2, 0.25) is 0 Å². The molecule has 0 saturated heterocycles. The number of anilines is 3. The molecule has 0 aliphatic heterocycles. The van der Waals surface area contributed by atoms with Gasteiger partial charge >= 0.3 is 0 Å². The average Bonchev–Trinajstić information content (AvgIpc) is 3.07. The first-order valence-electron chi connectivity index (χ1n) is 7.12. The maximum absolute atomic E-state index is 8.82. The molecule has 2 heterocycles. The number of aryl methyl sites for hydroxylation is 1. The van der Waals surface area contributed by atoms with Crippen LogP contribution in [0.3, 0.4) is 0 Å². The molecule has 0 amide bonds. The molecule has 0 aliphatic carbocycles. The van der Waals surface area contributed by atoms with Gasteiger partial charge < -0.3 is 15.1 Å². The van der Waals surface area contributed by atoms with E-state index in [2.05, 4.69) is 26.7 Å². The molecule has 2 N–H and O–H groups in total. The fourth-order valence-electron chi connectivity index (χ4n) is 2.09. The van der Waals surface area contributed by atoms with Crippen molar-refractivity contribution in [2.45, 2.75) is 13.5 Å². The zero-order valence-corrected chi connectivity index (χ0v) is 12.6. The first kappa shape index (κ1) is 14.6. The molecule has 0 atom stereocenters. The summed E-state index contributed by atoms with van der Waals surface area (Å²) in [5, 5.41) is 15.2. The van der Waals surface area contributed by atoms with Crippen molar-refractivity contribution in [2.75, 3.05) is 10.6 Å². The third kappa shape index (κ3) is 3.86. The van der Waals surface area contributed by atoms with E-state index >= 15 is 0 Å². The fraction of sp³-hybridized carbons (Fsp3) is 0.118. The Morgan fingerprint density at radius 2 is 1.91 bits per heavy atom. The largest absolute Gasteiger partial charge is 0.467 e. The number of benzene rings is 1. The molecule has 0 spiro atoms. The Labute approximate surface area is 133 Å². The Morgan fingerprint density at radius 3 is 2.61 bits per heavy atom. The molecule has 23 heavy (non-hydrogen) atoms. The van der Waals surface area contributed by atoms with Gasteiger partial charge in [-0.1, -0.05) is 0 Å². The van der Waals surface area contributed by atoms with Gasteiger partial charge in [0.2, 0.25) is 0 Å². The molecule has 0 unspecified atom stereocenters. The minimum Gasteiger partial charge on any atom is -0.467 e. The number of nitriles is 1. The lowest BCUT2D eigenvalue weighted by atomic mass is 10.2. The van der Waals surface area contributed by atoms with Crippen LogP contribution >= 0.6 is 0 Å². The van der Waals surface area contributed by atoms with Gasteiger partial charge in [0.15, 0.2) is 0 Å². The topological polar surface area (TPSA) is 86.8 Å². The lowest BCUT2D eigenvalue weighted by Crippen LogP contribution is -2.04. The second-order valence-corrected chi connectivity index (χ2v) is 4.93. The smallest absolute Gasteiger partial charge is 0.136 e. The third-order valence-corrected chi connectivity index (χ3v) is 3.15. The summed E-state index contributed by atoms with van der Waals surface area (Å²) in [5.74, 6) is 2.89. The van der Waals surface area contributed by atoms with E-state index in [4.69, 9.17) is 9.68 Å². The highest BCUT2D eigenvalue weighted by molar-refractivity contribution is 5.60. The zero-order valence-electron chi connectivity index (χ0n) is 12.6. The van der Waals surface area contributed by atoms with E-state index in [9.17, 15) is 0 Å². The van der Waals surface area contributed by atoms with Crippen LogP contribution in [-0.2, 0) is 6.54 Å². The molecule has 0 aliphatic rings. The maximum Gasteiger partial charge on any atom is 0.136 e. The summed E-state index contributed by atoms with van der Waals surface area (Å²) in [4.78, 5) is 8.72. The van der Waals surface area contributed by atoms with Crippen LogP contribution in [0, 0.1) is 18.3 Å². The van der Waals surface area contributed by atoms with E-state index in [1.54, 1.807) is 18.4 Å². The molecule has 3 aromatic rings. The summed E-state index contributed by atoms with van der Waals surface area (Å²) >= 11 is 0. The van der Waals surface area contributed by atoms with Gasteiger partial charge in [0.05, 0.1) is 24.4 Å².